The number of unbranched alkanes of at least 4 members (excludes halogenated alkanes) is 1. The molecular formula is C15H24N6. The summed E-state index contributed by atoms with van der Waals surface area (Å²) in [5.74, 6) is 2.71. The Morgan fingerprint density at radius 2 is 2.00 bits per heavy atom. The minimum atomic E-state index is 0.838. The van der Waals surface area contributed by atoms with E-state index in [1.54, 1.807) is 0 Å². The van der Waals surface area contributed by atoms with E-state index < -0.39 is 0 Å². The molecule has 114 valence electrons. The highest BCUT2D eigenvalue weighted by Gasteiger charge is 2.08. The van der Waals surface area contributed by atoms with Gasteiger partial charge in [0.25, 0.3) is 0 Å². The van der Waals surface area contributed by atoms with Gasteiger partial charge >= 0.3 is 0 Å². The molecule has 0 saturated carbocycles. The normalized spacial score (nSPS) is 10.6. The molecule has 0 unspecified atom stereocenters. The summed E-state index contributed by atoms with van der Waals surface area (Å²) in [6.45, 7) is 6.03. The van der Waals surface area contributed by atoms with Gasteiger partial charge in [-0.2, -0.15) is 0 Å². The number of nitrogens with one attached hydrogen (secondary N) is 2. The van der Waals surface area contributed by atoms with Gasteiger partial charge in [0.15, 0.2) is 0 Å². The highest BCUT2D eigenvalue weighted by atomic mass is 15.1. The fourth-order valence-corrected chi connectivity index (χ4v) is 2.18. The molecule has 0 atom stereocenters. The summed E-state index contributed by atoms with van der Waals surface area (Å²) in [6.07, 6.45) is 8.72. The maximum Gasteiger partial charge on any atom is 0.134 e. The van der Waals surface area contributed by atoms with Gasteiger partial charge in [-0.1, -0.05) is 6.92 Å². The van der Waals surface area contributed by atoms with Crippen LogP contribution in [0, 0.1) is 6.92 Å². The molecule has 2 aromatic heterocycles. The van der Waals surface area contributed by atoms with Crippen LogP contribution >= 0.6 is 0 Å². The van der Waals surface area contributed by atoms with Crippen LogP contribution in [-0.2, 0) is 13.0 Å². The van der Waals surface area contributed by atoms with E-state index in [1.165, 1.54) is 0 Å². The first-order valence-corrected chi connectivity index (χ1v) is 7.49. The average molecular weight is 288 g/mol. The van der Waals surface area contributed by atoms with Crippen molar-refractivity contribution in [3.8, 4) is 0 Å². The zero-order chi connectivity index (χ0) is 15.1. The molecule has 6 heteroatoms. The van der Waals surface area contributed by atoms with Crippen molar-refractivity contribution in [3.63, 3.8) is 0 Å². The van der Waals surface area contributed by atoms with Crippen molar-refractivity contribution in [3.05, 3.63) is 30.1 Å². The third-order valence-electron chi connectivity index (χ3n) is 3.44. The Bertz CT molecular complexity index is 550. The van der Waals surface area contributed by atoms with Gasteiger partial charge in [0.05, 0.1) is 6.33 Å². The van der Waals surface area contributed by atoms with Crippen LogP contribution in [0.4, 0.5) is 11.6 Å². The molecular weight excluding hydrogens is 264 g/mol. The van der Waals surface area contributed by atoms with Gasteiger partial charge in [-0.05, 0) is 19.8 Å². The Kier molecular flexibility index (Phi) is 5.54. The molecule has 0 fully saturated rings. The van der Waals surface area contributed by atoms with Gasteiger partial charge in [0.2, 0.25) is 0 Å². The number of anilines is 2. The van der Waals surface area contributed by atoms with Crippen LogP contribution in [0.2, 0.25) is 0 Å². The Morgan fingerprint density at radius 1 is 1.19 bits per heavy atom. The molecule has 0 radical (unpaired) electrons. The van der Waals surface area contributed by atoms with E-state index in [2.05, 4.69) is 37.1 Å². The van der Waals surface area contributed by atoms with Crippen molar-refractivity contribution >= 4 is 11.6 Å². The summed E-state index contributed by atoms with van der Waals surface area (Å²) in [7, 11) is 1.89. The highest BCUT2D eigenvalue weighted by molar-refractivity contribution is 5.56. The Hall–Kier alpha value is -2.11. The van der Waals surface area contributed by atoms with Gasteiger partial charge in [0.1, 0.15) is 17.5 Å². The first kappa shape index (κ1) is 15.3. The van der Waals surface area contributed by atoms with Crippen LogP contribution in [-0.4, -0.2) is 33.1 Å². The average Bonchev–Trinajstić information content (AvgIpc) is 3.01. The van der Waals surface area contributed by atoms with E-state index in [9.17, 15) is 0 Å². The topological polar surface area (TPSA) is 67.7 Å². The van der Waals surface area contributed by atoms with Crippen molar-refractivity contribution in [1.29, 1.82) is 0 Å². The number of hydrogen-bond acceptors (Lipinski definition) is 5. The molecule has 0 bridgehead atoms. The smallest absolute Gasteiger partial charge is 0.134 e. The quantitative estimate of drug-likeness (QED) is 0.730. The maximum absolute atomic E-state index is 4.57. The standard InChI is InChI=1S/C15H24N6/c1-4-13-19-14(16-3)12(2)15(20-13)18-7-5-6-9-21-10-8-17-11-21/h8,10-11H,4-7,9H2,1-3H3,(H2,16,18,19,20). The first-order chi connectivity index (χ1) is 10.2. The number of aryl methyl sites for hydroxylation is 2. The third-order valence-corrected chi connectivity index (χ3v) is 3.44. The zero-order valence-electron chi connectivity index (χ0n) is 13.1. The van der Waals surface area contributed by atoms with E-state index in [0.717, 1.165) is 55.4 Å². The molecule has 21 heavy (non-hydrogen) atoms. The van der Waals surface area contributed by atoms with Crippen molar-refractivity contribution < 1.29 is 0 Å². The molecule has 0 aliphatic heterocycles. The molecule has 0 spiro atoms. The molecule has 2 aromatic rings. The van der Waals surface area contributed by atoms with Crippen LogP contribution in [0.25, 0.3) is 0 Å². The fourth-order valence-electron chi connectivity index (χ4n) is 2.18. The van der Waals surface area contributed by atoms with Crippen molar-refractivity contribution in [2.75, 3.05) is 24.2 Å². The van der Waals surface area contributed by atoms with Gasteiger partial charge in [-0.15, -0.1) is 0 Å². The second-order valence-electron chi connectivity index (χ2n) is 5.00. The maximum atomic E-state index is 4.57. The predicted molar refractivity (Wildman–Crippen MR) is 85.6 cm³/mol. The number of nitrogens with zero attached hydrogens (tertiary/aromatic N) is 4. The van der Waals surface area contributed by atoms with Crippen LogP contribution in [0.5, 0.6) is 0 Å². The summed E-state index contributed by atoms with van der Waals surface area (Å²) in [4.78, 5) is 13.1. The highest BCUT2D eigenvalue weighted by Crippen LogP contribution is 2.19. The zero-order valence-corrected chi connectivity index (χ0v) is 13.1. The second kappa shape index (κ2) is 7.61. The lowest BCUT2D eigenvalue weighted by atomic mass is 10.2. The molecule has 6 nitrogen and oxygen atoms in total. The van der Waals surface area contributed by atoms with E-state index >= 15 is 0 Å². The van der Waals surface area contributed by atoms with E-state index in [-0.39, 0.29) is 0 Å². The van der Waals surface area contributed by atoms with E-state index in [0.29, 0.717) is 0 Å². The summed E-state index contributed by atoms with van der Waals surface area (Å²) >= 11 is 0. The van der Waals surface area contributed by atoms with Gasteiger partial charge < -0.3 is 15.2 Å². The molecule has 0 aliphatic rings. The summed E-state index contributed by atoms with van der Waals surface area (Å²) < 4.78 is 2.10. The van der Waals surface area contributed by atoms with Crippen LogP contribution < -0.4 is 10.6 Å². The SMILES string of the molecule is CCc1nc(NC)c(C)c(NCCCCn2ccnc2)n1. The number of imidazole rings is 1. The Morgan fingerprint density at radius 3 is 2.67 bits per heavy atom. The van der Waals surface area contributed by atoms with Crippen molar-refractivity contribution in [1.82, 2.24) is 19.5 Å². The first-order valence-electron chi connectivity index (χ1n) is 7.49. The fraction of sp³-hybridized carbons (Fsp3) is 0.533. The number of aromatic nitrogens is 4. The lowest BCUT2D eigenvalue weighted by molar-refractivity contribution is 0.620. The molecule has 0 aromatic carbocycles. The molecule has 2 heterocycles. The van der Waals surface area contributed by atoms with Crippen molar-refractivity contribution in [2.24, 2.45) is 0 Å². The summed E-state index contributed by atoms with van der Waals surface area (Å²) in [6, 6.07) is 0. The van der Waals surface area contributed by atoms with Gasteiger partial charge in [0, 0.05) is 44.5 Å². The monoisotopic (exact) mass is 288 g/mol. The van der Waals surface area contributed by atoms with Crippen LogP contribution in [0.15, 0.2) is 18.7 Å². The molecule has 2 N–H and O–H groups in total. The summed E-state index contributed by atoms with van der Waals surface area (Å²) in [5, 5.41) is 6.56. The predicted octanol–water partition coefficient (Wildman–Crippen LogP) is 2.48. The molecule has 2 rings (SSSR count). The lowest BCUT2D eigenvalue weighted by Crippen LogP contribution is -2.11. The van der Waals surface area contributed by atoms with Crippen LogP contribution in [0.3, 0.4) is 0 Å². The Labute approximate surface area is 126 Å². The third kappa shape index (κ3) is 4.18. The lowest BCUT2D eigenvalue weighted by Gasteiger charge is -2.13. The van der Waals surface area contributed by atoms with Crippen LogP contribution in [0.1, 0.15) is 31.2 Å². The summed E-state index contributed by atoms with van der Waals surface area (Å²) in [5.41, 5.74) is 1.07. The van der Waals surface area contributed by atoms with Gasteiger partial charge in [-0.3, -0.25) is 0 Å². The number of hydrogen-bond donors (Lipinski definition) is 2. The van der Waals surface area contributed by atoms with Gasteiger partial charge in [-0.25, -0.2) is 15.0 Å². The molecule has 0 amide bonds. The Balaban J connectivity index is 1.84. The molecule has 0 saturated heterocycles. The minimum Gasteiger partial charge on any atom is -0.373 e. The largest absolute Gasteiger partial charge is 0.373 e. The number of rotatable bonds is 8. The van der Waals surface area contributed by atoms with E-state index in [4.69, 9.17) is 0 Å². The minimum absolute atomic E-state index is 0.838. The van der Waals surface area contributed by atoms with E-state index in [1.807, 2.05) is 32.7 Å². The van der Waals surface area contributed by atoms with Crippen molar-refractivity contribution in [2.45, 2.75) is 39.7 Å². The molecule has 0 aliphatic carbocycles. The second-order valence-corrected chi connectivity index (χ2v) is 5.00.